The Morgan fingerprint density at radius 1 is 1.09 bits per heavy atom. The van der Waals surface area contributed by atoms with Gasteiger partial charge in [-0.1, -0.05) is 35.3 Å². The zero-order valence-electron chi connectivity index (χ0n) is 11.0. The normalized spacial score (nSPS) is 15.9. The molecule has 1 aliphatic heterocycles. The van der Waals surface area contributed by atoms with Gasteiger partial charge in [-0.3, -0.25) is 0 Å². The molecule has 0 saturated carbocycles. The zero-order valence-corrected chi connectivity index (χ0v) is 14.7. The maximum atomic E-state index is 11.9. The van der Waals surface area contributed by atoms with E-state index < -0.39 is 5.97 Å². The summed E-state index contributed by atoms with van der Waals surface area (Å²) in [6, 6.07) is 12.5. The Kier molecular flexibility index (Phi) is 4.52. The lowest BCUT2D eigenvalue weighted by Crippen LogP contribution is -2.06. The second-order valence-electron chi connectivity index (χ2n) is 4.51. The van der Waals surface area contributed by atoms with Gasteiger partial charge < -0.3 is 4.74 Å². The number of esters is 1. The first-order chi connectivity index (χ1) is 10.5. The van der Waals surface area contributed by atoms with E-state index in [4.69, 9.17) is 27.9 Å². The quantitative estimate of drug-likeness (QED) is 0.374. The molecular weight excluding hydrogens is 436 g/mol. The first-order valence-electron chi connectivity index (χ1n) is 6.26. The largest absolute Gasteiger partial charge is 0.402 e. The van der Waals surface area contributed by atoms with E-state index >= 15 is 0 Å². The van der Waals surface area contributed by atoms with Crippen molar-refractivity contribution in [2.24, 2.45) is 4.99 Å². The van der Waals surface area contributed by atoms with E-state index in [-0.39, 0.29) is 11.6 Å². The standard InChI is InChI=1S/C16H8Cl2INO2/c17-10-3-1-9(2-4-10)7-14-16(21)22-15(20-14)12-8-11(19)5-6-13(12)18/h1-8H/b14-7-. The molecule has 0 radical (unpaired) electrons. The fraction of sp³-hybridized carbons (Fsp3) is 0. The number of ether oxygens (including phenoxy) is 1. The number of halogens is 3. The van der Waals surface area contributed by atoms with E-state index in [0.29, 0.717) is 15.6 Å². The molecular formula is C16H8Cl2INO2. The number of cyclic esters (lactones) is 1. The van der Waals surface area contributed by atoms with E-state index in [0.717, 1.165) is 9.13 Å². The minimum Gasteiger partial charge on any atom is -0.402 e. The van der Waals surface area contributed by atoms with Crippen molar-refractivity contribution in [3.05, 3.63) is 72.9 Å². The van der Waals surface area contributed by atoms with Gasteiger partial charge in [0.25, 0.3) is 0 Å². The first kappa shape index (κ1) is 15.5. The number of hydrogen-bond donors (Lipinski definition) is 0. The number of nitrogens with zero attached hydrogens (tertiary/aromatic N) is 1. The monoisotopic (exact) mass is 443 g/mol. The molecule has 1 heterocycles. The van der Waals surface area contributed by atoms with Crippen LogP contribution in [-0.2, 0) is 9.53 Å². The molecule has 0 fully saturated rings. The van der Waals surface area contributed by atoms with Crippen molar-refractivity contribution in [3.63, 3.8) is 0 Å². The maximum Gasteiger partial charge on any atom is 0.363 e. The van der Waals surface area contributed by atoms with Gasteiger partial charge in [-0.15, -0.1) is 0 Å². The highest BCUT2D eigenvalue weighted by Crippen LogP contribution is 2.25. The second-order valence-corrected chi connectivity index (χ2v) is 6.60. The molecule has 22 heavy (non-hydrogen) atoms. The lowest BCUT2D eigenvalue weighted by Gasteiger charge is -2.02. The Labute approximate surface area is 150 Å². The molecule has 3 rings (SSSR count). The summed E-state index contributed by atoms with van der Waals surface area (Å²) in [5.74, 6) is -0.284. The predicted molar refractivity (Wildman–Crippen MR) is 96.2 cm³/mol. The molecule has 1 aliphatic rings. The van der Waals surface area contributed by atoms with Crippen LogP contribution in [0, 0.1) is 3.57 Å². The van der Waals surface area contributed by atoms with Gasteiger partial charge >= 0.3 is 5.97 Å². The van der Waals surface area contributed by atoms with Crippen LogP contribution in [-0.4, -0.2) is 11.9 Å². The molecule has 6 heteroatoms. The van der Waals surface area contributed by atoms with E-state index in [1.54, 1.807) is 36.4 Å². The second kappa shape index (κ2) is 6.40. The highest BCUT2D eigenvalue weighted by Gasteiger charge is 2.25. The molecule has 0 unspecified atom stereocenters. The van der Waals surface area contributed by atoms with Crippen LogP contribution in [0.25, 0.3) is 6.08 Å². The van der Waals surface area contributed by atoms with Crippen molar-refractivity contribution >= 4 is 63.7 Å². The molecule has 0 N–H and O–H groups in total. The zero-order chi connectivity index (χ0) is 15.7. The van der Waals surface area contributed by atoms with Crippen LogP contribution in [0.1, 0.15) is 11.1 Å². The van der Waals surface area contributed by atoms with Gasteiger partial charge in [-0.25, -0.2) is 9.79 Å². The van der Waals surface area contributed by atoms with Gasteiger partial charge in [0, 0.05) is 8.59 Å². The summed E-state index contributed by atoms with van der Waals surface area (Å²) in [5, 5.41) is 1.12. The molecule has 0 amide bonds. The van der Waals surface area contributed by atoms with Crippen molar-refractivity contribution in [2.75, 3.05) is 0 Å². The average molecular weight is 444 g/mol. The van der Waals surface area contributed by atoms with E-state index in [2.05, 4.69) is 27.6 Å². The Bertz CT molecular complexity index is 813. The summed E-state index contributed by atoms with van der Waals surface area (Å²) in [6.07, 6.45) is 1.65. The summed E-state index contributed by atoms with van der Waals surface area (Å²) < 4.78 is 6.20. The maximum absolute atomic E-state index is 11.9. The summed E-state index contributed by atoms with van der Waals surface area (Å²) in [4.78, 5) is 16.2. The molecule has 0 bridgehead atoms. The Morgan fingerprint density at radius 3 is 2.55 bits per heavy atom. The van der Waals surface area contributed by atoms with Crippen molar-refractivity contribution in [1.82, 2.24) is 0 Å². The minimum absolute atomic E-state index is 0.216. The summed E-state index contributed by atoms with van der Waals surface area (Å²) in [6.45, 7) is 0. The average Bonchev–Trinajstić information content (AvgIpc) is 2.85. The molecule has 0 aromatic heterocycles. The minimum atomic E-state index is -0.500. The molecule has 2 aromatic rings. The highest BCUT2D eigenvalue weighted by molar-refractivity contribution is 14.1. The number of carbonyl (C=O) groups excluding carboxylic acids is 1. The van der Waals surface area contributed by atoms with Gasteiger partial charge in [0.15, 0.2) is 5.70 Å². The van der Waals surface area contributed by atoms with E-state index in [1.807, 2.05) is 12.1 Å². The Morgan fingerprint density at radius 2 is 1.82 bits per heavy atom. The summed E-state index contributed by atoms with van der Waals surface area (Å²) >= 11 is 14.1. The Balaban J connectivity index is 1.97. The van der Waals surface area contributed by atoms with Gasteiger partial charge in [-0.2, -0.15) is 0 Å². The fourth-order valence-electron chi connectivity index (χ4n) is 1.90. The predicted octanol–water partition coefficient (Wildman–Crippen LogP) is 4.94. The smallest absolute Gasteiger partial charge is 0.363 e. The highest BCUT2D eigenvalue weighted by atomic mass is 127. The molecule has 2 aromatic carbocycles. The molecule has 3 nitrogen and oxygen atoms in total. The van der Waals surface area contributed by atoms with Gasteiger partial charge in [-0.05, 0) is 64.6 Å². The van der Waals surface area contributed by atoms with Gasteiger partial charge in [0.2, 0.25) is 5.90 Å². The van der Waals surface area contributed by atoms with Crippen molar-refractivity contribution in [2.45, 2.75) is 0 Å². The van der Waals surface area contributed by atoms with Gasteiger partial charge in [0.05, 0.1) is 10.6 Å². The number of aliphatic imine (C=N–C) groups is 1. The van der Waals surface area contributed by atoms with Crippen molar-refractivity contribution < 1.29 is 9.53 Å². The van der Waals surface area contributed by atoms with Crippen LogP contribution < -0.4 is 0 Å². The third-order valence-electron chi connectivity index (χ3n) is 2.95. The first-order valence-corrected chi connectivity index (χ1v) is 8.10. The lowest BCUT2D eigenvalue weighted by molar-refractivity contribution is -0.129. The fourth-order valence-corrected chi connectivity index (χ4v) is 2.72. The summed E-state index contributed by atoms with van der Waals surface area (Å²) in [7, 11) is 0. The topological polar surface area (TPSA) is 38.7 Å². The number of hydrogen-bond acceptors (Lipinski definition) is 3. The third-order valence-corrected chi connectivity index (χ3v) is 4.21. The SMILES string of the molecule is O=C1OC(c2cc(I)ccc2Cl)=N/C1=C\c1ccc(Cl)cc1. The van der Waals surface area contributed by atoms with Crippen LogP contribution in [0.15, 0.2) is 53.2 Å². The lowest BCUT2D eigenvalue weighted by atomic mass is 10.2. The molecule has 0 saturated heterocycles. The summed E-state index contributed by atoms with van der Waals surface area (Å²) in [5.41, 5.74) is 1.64. The van der Waals surface area contributed by atoms with Crippen LogP contribution in [0.4, 0.5) is 0 Å². The van der Waals surface area contributed by atoms with E-state index in [9.17, 15) is 4.79 Å². The number of benzene rings is 2. The van der Waals surface area contributed by atoms with Crippen molar-refractivity contribution in [1.29, 1.82) is 0 Å². The van der Waals surface area contributed by atoms with Crippen LogP contribution in [0.2, 0.25) is 10.0 Å². The Hall–Kier alpha value is -1.37. The molecule has 0 spiro atoms. The van der Waals surface area contributed by atoms with Crippen LogP contribution >= 0.6 is 45.8 Å². The van der Waals surface area contributed by atoms with Crippen LogP contribution in [0.3, 0.4) is 0 Å². The molecule has 0 aliphatic carbocycles. The number of rotatable bonds is 2. The van der Waals surface area contributed by atoms with Gasteiger partial charge in [0.1, 0.15) is 0 Å². The molecule has 110 valence electrons. The van der Waals surface area contributed by atoms with E-state index in [1.165, 1.54) is 0 Å². The molecule has 0 atom stereocenters. The number of carbonyl (C=O) groups is 1. The van der Waals surface area contributed by atoms with Crippen molar-refractivity contribution in [3.8, 4) is 0 Å². The third kappa shape index (κ3) is 3.34. The van der Waals surface area contributed by atoms with Crippen LogP contribution in [0.5, 0.6) is 0 Å².